The van der Waals surface area contributed by atoms with Crippen molar-refractivity contribution in [3.8, 4) is 11.5 Å². The highest BCUT2D eigenvalue weighted by Crippen LogP contribution is 2.34. The number of ether oxygens (including phenoxy) is 2. The number of nitrogens with zero attached hydrogens (tertiary/aromatic N) is 3. The Hall–Kier alpha value is -7.13. The van der Waals surface area contributed by atoms with Crippen LogP contribution in [0.2, 0.25) is 0 Å². The molecule has 3 heterocycles. The number of hydrogen-bond donors (Lipinski definition) is 5. The summed E-state index contributed by atoms with van der Waals surface area (Å²) in [6.07, 6.45) is 8.77. The smallest absolute Gasteiger partial charge is 0.323 e. The molecule has 2 aromatic heterocycles. The van der Waals surface area contributed by atoms with Crippen LogP contribution in [-0.4, -0.2) is 70.8 Å². The summed E-state index contributed by atoms with van der Waals surface area (Å²) in [4.78, 5) is 75.7. The minimum absolute atomic E-state index is 0.00996. The van der Waals surface area contributed by atoms with Crippen LogP contribution in [0.15, 0.2) is 116 Å². The van der Waals surface area contributed by atoms with Gasteiger partial charge < -0.3 is 40.9 Å². The lowest BCUT2D eigenvalue weighted by atomic mass is 10.0. The molecule has 0 saturated heterocycles. The quantitative estimate of drug-likeness (QED) is 0.0296. The van der Waals surface area contributed by atoms with Gasteiger partial charge in [-0.3, -0.25) is 29.3 Å². The first kappa shape index (κ1) is 47.4. The van der Waals surface area contributed by atoms with Gasteiger partial charge in [0.05, 0.1) is 23.9 Å². The van der Waals surface area contributed by atoms with Crippen molar-refractivity contribution in [2.45, 2.75) is 89.9 Å². The summed E-state index contributed by atoms with van der Waals surface area (Å²) in [5.41, 5.74) is 5.52. The molecular formula is C50H58N8O7. The van der Waals surface area contributed by atoms with E-state index in [0.717, 1.165) is 49.0 Å². The number of pyridine rings is 2. The molecule has 65 heavy (non-hydrogen) atoms. The van der Waals surface area contributed by atoms with E-state index < -0.39 is 24.0 Å². The maximum Gasteiger partial charge on any atom is 0.323 e. The van der Waals surface area contributed by atoms with Gasteiger partial charge >= 0.3 is 6.03 Å². The minimum Gasteiger partial charge on any atom is -0.454 e. The van der Waals surface area contributed by atoms with Gasteiger partial charge in [-0.1, -0.05) is 55.0 Å². The summed E-state index contributed by atoms with van der Waals surface area (Å²) in [6.45, 7) is 4.70. The van der Waals surface area contributed by atoms with Crippen molar-refractivity contribution in [2.75, 3.05) is 30.5 Å². The van der Waals surface area contributed by atoms with Crippen LogP contribution in [0.3, 0.4) is 0 Å². The fourth-order valence-electron chi connectivity index (χ4n) is 7.42. The molecule has 1 aliphatic heterocycles. The number of carbonyl (C=O) groups is 5. The van der Waals surface area contributed by atoms with Gasteiger partial charge in [-0.25, -0.2) is 4.79 Å². The highest BCUT2D eigenvalue weighted by Gasteiger charge is 2.25. The number of aromatic nitrogens is 2. The van der Waals surface area contributed by atoms with E-state index in [-0.39, 0.29) is 31.4 Å². The average Bonchev–Trinajstić information content (AvgIpc) is 3.79. The molecule has 0 unspecified atom stereocenters. The number of fused-ring (bicyclic) bond motifs is 1. The minimum atomic E-state index is -0.914. The molecule has 0 bridgehead atoms. The SMILES string of the molecule is Cc1ccccc1NC(=O)Nc1ccc(CC(=O)N[C@@H](CCCCNC(=O)CCCCCN(Cc2ccccn2)Cc2ccccn2)C(=O)N[C@@H](CC=O)c2ccc3c(c2)OCO3)cc1. The highest BCUT2D eigenvalue weighted by molar-refractivity contribution is 6.00. The second-order valence-corrected chi connectivity index (χ2v) is 16.0. The van der Waals surface area contributed by atoms with E-state index in [0.29, 0.717) is 79.3 Å². The molecule has 3 aromatic carbocycles. The Kier molecular flexibility index (Phi) is 18.4. The Morgan fingerprint density at radius 1 is 0.738 bits per heavy atom. The molecule has 0 spiro atoms. The molecular weight excluding hydrogens is 825 g/mol. The van der Waals surface area contributed by atoms with Crippen LogP contribution < -0.4 is 36.1 Å². The maximum absolute atomic E-state index is 13.9. The number of benzene rings is 3. The third-order valence-electron chi connectivity index (χ3n) is 10.9. The number of amides is 5. The van der Waals surface area contributed by atoms with Gasteiger partial charge in [-0.05, 0) is 117 Å². The normalized spacial score (nSPS) is 12.5. The van der Waals surface area contributed by atoms with Crippen molar-refractivity contribution in [2.24, 2.45) is 0 Å². The van der Waals surface area contributed by atoms with E-state index >= 15 is 0 Å². The molecule has 340 valence electrons. The van der Waals surface area contributed by atoms with Crippen LogP contribution in [-0.2, 0) is 38.7 Å². The van der Waals surface area contributed by atoms with Crippen LogP contribution in [0.4, 0.5) is 16.2 Å². The van der Waals surface area contributed by atoms with Crippen molar-refractivity contribution in [3.63, 3.8) is 0 Å². The Balaban J connectivity index is 0.966. The Morgan fingerprint density at radius 3 is 2.17 bits per heavy atom. The zero-order chi connectivity index (χ0) is 45.6. The topological polar surface area (TPSA) is 193 Å². The zero-order valence-electron chi connectivity index (χ0n) is 36.8. The first-order valence-electron chi connectivity index (χ1n) is 22.2. The van der Waals surface area contributed by atoms with Crippen LogP contribution in [0.5, 0.6) is 11.5 Å². The van der Waals surface area contributed by atoms with Gasteiger partial charge in [0.15, 0.2) is 11.5 Å². The fraction of sp³-hybridized carbons (Fsp3) is 0.340. The highest BCUT2D eigenvalue weighted by atomic mass is 16.7. The number of urea groups is 1. The number of hydrogen-bond acceptors (Lipinski definition) is 10. The fourth-order valence-corrected chi connectivity index (χ4v) is 7.42. The first-order chi connectivity index (χ1) is 31.7. The standard InChI is InChI=1S/C50H58N8O7/c1-36-13-4-5-16-42(36)57-50(63)54-39-22-19-37(20-23-39)31-48(61)55-44(49(62)56-43(25-30-59)38-21-24-45-46(32-38)65-35-64-45)17-8-11-28-53-47(60)18-3-2-12-29-58(33-40-14-6-9-26-51-40)34-41-15-7-10-27-52-41/h4-7,9-10,13-16,19-24,26-27,30,32,43-44H,2-3,8,11-12,17-18,25,28-29,31,33-35H2,1H3,(H,53,60)(H,55,61)(H,56,62)(H2,54,57,63)/t43-,44-/m0/s1. The van der Waals surface area contributed by atoms with Crippen molar-refractivity contribution < 1.29 is 33.4 Å². The van der Waals surface area contributed by atoms with Crippen molar-refractivity contribution >= 4 is 41.4 Å². The van der Waals surface area contributed by atoms with Gasteiger partial charge in [0, 0.05) is 56.2 Å². The van der Waals surface area contributed by atoms with E-state index in [2.05, 4.69) is 41.5 Å². The number of nitrogens with one attached hydrogen (secondary N) is 5. The summed E-state index contributed by atoms with van der Waals surface area (Å²) in [5.74, 6) is 0.258. The van der Waals surface area contributed by atoms with E-state index in [9.17, 15) is 24.0 Å². The summed E-state index contributed by atoms with van der Waals surface area (Å²) < 4.78 is 10.9. The lowest BCUT2D eigenvalue weighted by Crippen LogP contribution is -2.48. The van der Waals surface area contributed by atoms with Gasteiger partial charge in [0.25, 0.3) is 0 Å². The molecule has 15 heteroatoms. The Bertz CT molecular complexity index is 2270. The predicted molar refractivity (Wildman–Crippen MR) is 248 cm³/mol. The summed E-state index contributed by atoms with van der Waals surface area (Å²) in [6, 6.07) is 29.5. The molecule has 2 atom stereocenters. The molecule has 0 radical (unpaired) electrons. The van der Waals surface area contributed by atoms with Crippen LogP contribution >= 0.6 is 0 Å². The molecule has 6 rings (SSSR count). The Morgan fingerprint density at radius 2 is 1.46 bits per heavy atom. The average molecular weight is 883 g/mol. The van der Waals surface area contributed by atoms with Gasteiger partial charge in [-0.15, -0.1) is 0 Å². The predicted octanol–water partition coefficient (Wildman–Crippen LogP) is 7.18. The molecule has 0 fully saturated rings. The van der Waals surface area contributed by atoms with Gasteiger partial charge in [-0.2, -0.15) is 0 Å². The molecule has 5 amide bonds. The first-order valence-corrected chi connectivity index (χ1v) is 22.2. The second-order valence-electron chi connectivity index (χ2n) is 16.0. The number of carbonyl (C=O) groups excluding carboxylic acids is 5. The van der Waals surface area contributed by atoms with Crippen molar-refractivity contribution in [3.05, 3.63) is 144 Å². The van der Waals surface area contributed by atoms with Crippen LogP contribution in [0.25, 0.3) is 0 Å². The van der Waals surface area contributed by atoms with Crippen LogP contribution in [0, 0.1) is 6.92 Å². The summed E-state index contributed by atoms with van der Waals surface area (Å²) >= 11 is 0. The van der Waals surface area contributed by atoms with E-state index in [1.54, 1.807) is 54.9 Å². The van der Waals surface area contributed by atoms with E-state index in [4.69, 9.17) is 9.47 Å². The number of aldehydes is 1. The summed E-state index contributed by atoms with van der Waals surface area (Å²) in [5, 5.41) is 14.5. The largest absolute Gasteiger partial charge is 0.454 e. The monoisotopic (exact) mass is 882 g/mol. The second kappa shape index (κ2) is 25.2. The third kappa shape index (κ3) is 15.9. The molecule has 0 aliphatic carbocycles. The number of rotatable bonds is 25. The van der Waals surface area contributed by atoms with Crippen LogP contribution in [0.1, 0.15) is 85.5 Å². The number of aryl methyl sites for hydroxylation is 1. The molecule has 15 nitrogen and oxygen atoms in total. The lowest BCUT2D eigenvalue weighted by molar-refractivity contribution is -0.129. The number of anilines is 2. The van der Waals surface area contributed by atoms with Gasteiger partial charge in [0.2, 0.25) is 24.5 Å². The molecule has 5 aromatic rings. The van der Waals surface area contributed by atoms with E-state index in [1.165, 1.54) is 0 Å². The zero-order valence-corrected chi connectivity index (χ0v) is 36.8. The molecule has 1 aliphatic rings. The Labute approximate surface area is 380 Å². The number of para-hydroxylation sites is 1. The van der Waals surface area contributed by atoms with Crippen molar-refractivity contribution in [1.82, 2.24) is 30.8 Å². The molecule has 0 saturated carbocycles. The lowest BCUT2D eigenvalue weighted by Gasteiger charge is -2.23. The summed E-state index contributed by atoms with van der Waals surface area (Å²) in [7, 11) is 0. The maximum atomic E-state index is 13.9. The number of unbranched alkanes of at least 4 members (excludes halogenated alkanes) is 3. The van der Waals surface area contributed by atoms with Crippen molar-refractivity contribution in [1.29, 1.82) is 0 Å². The molecule has 5 N–H and O–H groups in total. The van der Waals surface area contributed by atoms with Gasteiger partial charge in [0.1, 0.15) is 12.3 Å². The van der Waals surface area contributed by atoms with E-state index in [1.807, 2.05) is 67.6 Å². The third-order valence-corrected chi connectivity index (χ3v) is 10.9.